The van der Waals surface area contributed by atoms with Gasteiger partial charge in [-0.2, -0.15) is 26.3 Å². The lowest BCUT2D eigenvalue weighted by molar-refractivity contribution is -0.258. The van der Waals surface area contributed by atoms with Crippen LogP contribution in [-0.2, 0) is 11.2 Å². The Morgan fingerprint density at radius 3 is 1.28 bits per heavy atom. The Labute approximate surface area is 161 Å². The van der Waals surface area contributed by atoms with Crippen LogP contribution in [-0.4, -0.2) is 22.6 Å². The standard InChI is InChI=1S/C18H18F6N2O3/c1-15(27,17(19,20)21)11-7-9(3-5-13(11)25)29-10-4-6-14(26)12(8-10)16(2,28)18(22,23)24/h3-8,27-28H,25-26H2,1-2H3. The van der Waals surface area contributed by atoms with Crippen molar-refractivity contribution in [2.75, 3.05) is 11.5 Å². The van der Waals surface area contributed by atoms with Crippen molar-refractivity contribution in [2.45, 2.75) is 37.4 Å². The van der Waals surface area contributed by atoms with Gasteiger partial charge in [-0.3, -0.25) is 0 Å². The average Bonchev–Trinajstić information content (AvgIpc) is 2.56. The fourth-order valence-electron chi connectivity index (χ4n) is 2.48. The van der Waals surface area contributed by atoms with Crippen LogP contribution in [0.4, 0.5) is 37.7 Å². The lowest BCUT2D eigenvalue weighted by Crippen LogP contribution is -2.39. The van der Waals surface area contributed by atoms with E-state index in [0.717, 1.165) is 24.3 Å². The van der Waals surface area contributed by atoms with Crippen molar-refractivity contribution < 1.29 is 41.3 Å². The van der Waals surface area contributed by atoms with E-state index < -0.39 is 34.7 Å². The second-order valence-corrected chi connectivity index (χ2v) is 6.74. The number of rotatable bonds is 4. The van der Waals surface area contributed by atoms with Crippen LogP contribution in [0.15, 0.2) is 36.4 Å². The second kappa shape index (κ2) is 6.99. The number of hydrogen-bond donors (Lipinski definition) is 4. The molecule has 0 aliphatic rings. The fraction of sp³-hybridized carbons (Fsp3) is 0.333. The molecule has 0 radical (unpaired) electrons. The SMILES string of the molecule is CC(O)(c1cc(Oc2ccc(N)c(C(C)(O)C(F)(F)F)c2)ccc1N)C(F)(F)F. The molecule has 2 atom stereocenters. The first-order valence-corrected chi connectivity index (χ1v) is 8.04. The zero-order chi connectivity index (χ0) is 22.4. The van der Waals surface area contributed by atoms with Gasteiger partial charge in [-0.1, -0.05) is 0 Å². The van der Waals surface area contributed by atoms with Gasteiger partial charge in [0.15, 0.2) is 11.2 Å². The quantitative estimate of drug-likeness (QED) is 0.436. The van der Waals surface area contributed by atoms with Crippen LogP contribution < -0.4 is 16.2 Å². The van der Waals surface area contributed by atoms with E-state index in [1.165, 1.54) is 12.1 Å². The molecular formula is C18H18F6N2O3. The van der Waals surface area contributed by atoms with Gasteiger partial charge in [0.25, 0.3) is 0 Å². The summed E-state index contributed by atoms with van der Waals surface area (Å²) in [7, 11) is 0. The highest BCUT2D eigenvalue weighted by Gasteiger charge is 2.53. The molecule has 0 spiro atoms. The van der Waals surface area contributed by atoms with Crippen molar-refractivity contribution in [3.05, 3.63) is 47.5 Å². The van der Waals surface area contributed by atoms with Crippen molar-refractivity contribution in [1.82, 2.24) is 0 Å². The minimum atomic E-state index is -5.04. The van der Waals surface area contributed by atoms with Crippen LogP contribution in [0, 0.1) is 0 Å². The summed E-state index contributed by atoms with van der Waals surface area (Å²) in [5.41, 5.74) is 2.36. The first-order chi connectivity index (χ1) is 13.0. The van der Waals surface area contributed by atoms with E-state index in [1.54, 1.807) is 0 Å². The van der Waals surface area contributed by atoms with Crippen LogP contribution in [0.25, 0.3) is 0 Å². The van der Waals surface area contributed by atoms with Gasteiger partial charge >= 0.3 is 12.4 Å². The van der Waals surface area contributed by atoms with Gasteiger partial charge in [0.2, 0.25) is 0 Å². The maximum Gasteiger partial charge on any atom is 0.421 e. The molecule has 0 bridgehead atoms. The smallest absolute Gasteiger partial charge is 0.421 e. The number of benzene rings is 2. The summed E-state index contributed by atoms with van der Waals surface area (Å²) in [5, 5.41) is 19.7. The zero-order valence-corrected chi connectivity index (χ0v) is 15.2. The predicted octanol–water partition coefficient (Wildman–Crippen LogP) is 4.18. The largest absolute Gasteiger partial charge is 0.457 e. The minimum Gasteiger partial charge on any atom is -0.457 e. The summed E-state index contributed by atoms with van der Waals surface area (Å²) in [6.45, 7) is 1.01. The molecule has 160 valence electrons. The van der Waals surface area contributed by atoms with E-state index >= 15 is 0 Å². The molecule has 0 saturated heterocycles. The molecule has 0 amide bonds. The molecule has 2 rings (SSSR count). The van der Waals surface area contributed by atoms with E-state index in [2.05, 4.69) is 0 Å². The number of aliphatic hydroxyl groups is 2. The first kappa shape index (κ1) is 22.6. The van der Waals surface area contributed by atoms with Crippen molar-refractivity contribution in [3.8, 4) is 11.5 Å². The molecular weight excluding hydrogens is 406 g/mol. The van der Waals surface area contributed by atoms with E-state index in [1.807, 2.05) is 0 Å². The van der Waals surface area contributed by atoms with Gasteiger partial charge in [-0.25, -0.2) is 0 Å². The topological polar surface area (TPSA) is 102 Å². The predicted molar refractivity (Wildman–Crippen MR) is 93.0 cm³/mol. The number of ether oxygens (including phenoxy) is 1. The maximum absolute atomic E-state index is 13.1. The summed E-state index contributed by atoms with van der Waals surface area (Å²) in [4.78, 5) is 0. The molecule has 0 aliphatic carbocycles. The summed E-state index contributed by atoms with van der Waals surface area (Å²) < 4.78 is 83.9. The Hall–Kier alpha value is -2.66. The highest BCUT2D eigenvalue weighted by molar-refractivity contribution is 5.56. The summed E-state index contributed by atoms with van der Waals surface area (Å²) in [5.74, 6) is -0.470. The van der Waals surface area contributed by atoms with Gasteiger partial charge in [0.05, 0.1) is 0 Å². The third kappa shape index (κ3) is 4.20. The monoisotopic (exact) mass is 424 g/mol. The third-order valence-electron chi connectivity index (χ3n) is 4.44. The van der Waals surface area contributed by atoms with E-state index in [-0.39, 0.29) is 22.9 Å². The lowest BCUT2D eigenvalue weighted by atomic mass is 9.93. The highest BCUT2D eigenvalue weighted by atomic mass is 19.4. The third-order valence-corrected chi connectivity index (χ3v) is 4.44. The molecule has 5 nitrogen and oxygen atoms in total. The van der Waals surface area contributed by atoms with Crippen LogP contribution in [0.2, 0.25) is 0 Å². The highest BCUT2D eigenvalue weighted by Crippen LogP contribution is 2.44. The van der Waals surface area contributed by atoms with Gasteiger partial charge < -0.3 is 26.4 Å². The molecule has 0 fully saturated rings. The van der Waals surface area contributed by atoms with Crippen LogP contribution >= 0.6 is 0 Å². The normalized spacial score (nSPS) is 16.8. The van der Waals surface area contributed by atoms with Crippen LogP contribution in [0.3, 0.4) is 0 Å². The molecule has 0 aliphatic heterocycles. The Kier molecular flexibility index (Phi) is 5.45. The van der Waals surface area contributed by atoms with Gasteiger partial charge in [-0.05, 0) is 50.2 Å². The number of anilines is 2. The molecule has 0 saturated carbocycles. The van der Waals surface area contributed by atoms with E-state index in [9.17, 15) is 36.6 Å². The molecule has 2 aromatic rings. The molecule has 0 aromatic heterocycles. The van der Waals surface area contributed by atoms with E-state index in [4.69, 9.17) is 16.2 Å². The van der Waals surface area contributed by atoms with Crippen LogP contribution in [0.1, 0.15) is 25.0 Å². The van der Waals surface area contributed by atoms with Gasteiger partial charge in [-0.15, -0.1) is 0 Å². The molecule has 0 heterocycles. The molecule has 11 heteroatoms. The molecule has 2 aromatic carbocycles. The van der Waals surface area contributed by atoms with E-state index in [0.29, 0.717) is 13.8 Å². The van der Waals surface area contributed by atoms with Gasteiger partial charge in [0.1, 0.15) is 11.5 Å². The molecule has 29 heavy (non-hydrogen) atoms. The Balaban J connectivity index is 2.47. The minimum absolute atomic E-state index is 0.235. The number of hydrogen-bond acceptors (Lipinski definition) is 5. The zero-order valence-electron chi connectivity index (χ0n) is 15.2. The Morgan fingerprint density at radius 1 is 0.690 bits per heavy atom. The fourth-order valence-corrected chi connectivity index (χ4v) is 2.48. The number of alkyl halides is 6. The van der Waals surface area contributed by atoms with Crippen molar-refractivity contribution in [3.63, 3.8) is 0 Å². The number of halogens is 6. The molecule has 2 unspecified atom stereocenters. The van der Waals surface area contributed by atoms with Crippen LogP contribution in [0.5, 0.6) is 11.5 Å². The van der Waals surface area contributed by atoms with Crippen molar-refractivity contribution in [1.29, 1.82) is 0 Å². The Bertz CT molecular complexity index is 834. The summed E-state index contributed by atoms with van der Waals surface area (Å²) >= 11 is 0. The Morgan fingerprint density at radius 2 is 1.00 bits per heavy atom. The number of nitrogen functional groups attached to an aromatic ring is 2. The van der Waals surface area contributed by atoms with Crippen molar-refractivity contribution >= 4 is 11.4 Å². The summed E-state index contributed by atoms with van der Waals surface area (Å²) in [6.07, 6.45) is -10.1. The number of nitrogens with two attached hydrogens (primary N) is 2. The van der Waals surface area contributed by atoms with Gasteiger partial charge in [0, 0.05) is 22.5 Å². The lowest BCUT2D eigenvalue weighted by Gasteiger charge is -2.29. The molecule has 6 N–H and O–H groups in total. The maximum atomic E-state index is 13.1. The second-order valence-electron chi connectivity index (χ2n) is 6.74. The summed E-state index contributed by atoms with van der Waals surface area (Å²) in [6, 6.07) is 6.08. The first-order valence-electron chi connectivity index (χ1n) is 8.04. The van der Waals surface area contributed by atoms with Crippen molar-refractivity contribution in [2.24, 2.45) is 0 Å². The average molecular weight is 424 g/mol.